The highest BCUT2D eigenvalue weighted by Gasteiger charge is 2.40. The summed E-state index contributed by atoms with van der Waals surface area (Å²) in [5.74, 6) is -0.546. The molecule has 1 atom stereocenters. The summed E-state index contributed by atoms with van der Waals surface area (Å²) < 4.78 is 10.9. The van der Waals surface area contributed by atoms with Crippen molar-refractivity contribution < 1.29 is 19.1 Å². The van der Waals surface area contributed by atoms with Crippen LogP contribution in [0, 0.1) is 5.41 Å². The Morgan fingerprint density at radius 1 is 0.958 bits per heavy atom. The normalized spacial score (nSPS) is 18.2. The molecule has 128 valence electrons. The number of rotatable bonds is 7. The summed E-state index contributed by atoms with van der Waals surface area (Å²) in [4.78, 5) is 23.3. The molecule has 0 aromatic heterocycles. The molecule has 0 heterocycles. The minimum absolute atomic E-state index is 0.0296. The zero-order valence-electron chi connectivity index (χ0n) is 14.2. The molecule has 1 aromatic carbocycles. The fraction of sp³-hybridized carbons (Fsp3) is 0.400. The molecule has 4 heteroatoms. The molecule has 1 aliphatic carbocycles. The third kappa shape index (κ3) is 4.34. The van der Waals surface area contributed by atoms with Crippen molar-refractivity contribution in [2.24, 2.45) is 5.41 Å². The molecule has 0 fully saturated rings. The van der Waals surface area contributed by atoms with E-state index in [0.29, 0.717) is 12.8 Å². The van der Waals surface area contributed by atoms with E-state index in [1.54, 1.807) is 13.8 Å². The van der Waals surface area contributed by atoms with Crippen molar-refractivity contribution in [3.63, 3.8) is 0 Å². The first-order chi connectivity index (χ1) is 11.6. The van der Waals surface area contributed by atoms with Crippen molar-refractivity contribution in [1.29, 1.82) is 0 Å². The Kier molecular flexibility index (Phi) is 6.36. The van der Waals surface area contributed by atoms with Crippen LogP contribution in [0.3, 0.4) is 0 Å². The quantitative estimate of drug-likeness (QED) is 0.715. The first kappa shape index (κ1) is 18.0. The van der Waals surface area contributed by atoms with Crippen molar-refractivity contribution in [2.75, 3.05) is 13.2 Å². The first-order valence-electron chi connectivity index (χ1n) is 8.33. The second kappa shape index (κ2) is 8.48. The second-order valence-corrected chi connectivity index (χ2v) is 5.89. The zero-order chi connectivity index (χ0) is 17.4. The van der Waals surface area contributed by atoms with Gasteiger partial charge in [-0.2, -0.15) is 0 Å². The zero-order valence-corrected chi connectivity index (χ0v) is 14.2. The molecule has 0 spiro atoms. The first-order valence-corrected chi connectivity index (χ1v) is 8.33. The Morgan fingerprint density at radius 2 is 1.54 bits per heavy atom. The number of carbonyl (C=O) groups excluding carboxylic acids is 2. The molecule has 4 nitrogen and oxygen atoms in total. The summed E-state index contributed by atoms with van der Waals surface area (Å²) in [6.45, 7) is 3.88. The van der Waals surface area contributed by atoms with Gasteiger partial charge in [-0.25, -0.2) is 0 Å². The molecule has 0 aliphatic heterocycles. The number of allylic oxidation sites excluding steroid dienone is 3. The van der Waals surface area contributed by atoms with Crippen molar-refractivity contribution >= 4 is 11.9 Å². The average Bonchev–Trinajstić information content (AvgIpc) is 2.65. The summed E-state index contributed by atoms with van der Waals surface area (Å²) in [7, 11) is 0. The third-order valence-electron chi connectivity index (χ3n) is 4.20. The predicted molar refractivity (Wildman–Crippen MR) is 92.4 cm³/mol. The lowest BCUT2D eigenvalue weighted by molar-refractivity contribution is -0.152. The smallest absolute Gasteiger partial charge is 0.305 e. The highest BCUT2D eigenvalue weighted by molar-refractivity contribution is 5.69. The van der Waals surface area contributed by atoms with E-state index in [2.05, 4.69) is 6.08 Å². The lowest BCUT2D eigenvalue weighted by Gasteiger charge is -2.37. The maximum Gasteiger partial charge on any atom is 0.305 e. The van der Waals surface area contributed by atoms with Crippen molar-refractivity contribution in [2.45, 2.75) is 32.6 Å². The number of hydrogen-bond acceptors (Lipinski definition) is 4. The Hall–Kier alpha value is -2.36. The van der Waals surface area contributed by atoms with Crippen LogP contribution in [0.15, 0.2) is 54.6 Å². The summed E-state index contributed by atoms with van der Waals surface area (Å²) in [6.07, 6.45) is 8.57. The van der Waals surface area contributed by atoms with Gasteiger partial charge >= 0.3 is 11.9 Å². The molecular weight excluding hydrogens is 304 g/mol. The molecule has 1 aromatic rings. The number of carbonyl (C=O) groups is 2. The van der Waals surface area contributed by atoms with Crippen LogP contribution in [-0.4, -0.2) is 25.2 Å². The molecular formula is C20H24O4. The molecule has 0 amide bonds. The van der Waals surface area contributed by atoms with Crippen LogP contribution in [-0.2, 0) is 19.1 Å². The number of benzene rings is 1. The van der Waals surface area contributed by atoms with Gasteiger partial charge in [-0.05, 0) is 5.56 Å². The van der Waals surface area contributed by atoms with Gasteiger partial charge in [-0.1, -0.05) is 68.5 Å². The van der Waals surface area contributed by atoms with E-state index in [9.17, 15) is 9.59 Å². The predicted octanol–water partition coefficient (Wildman–Crippen LogP) is 3.79. The fourth-order valence-electron chi connectivity index (χ4n) is 2.77. The van der Waals surface area contributed by atoms with Crippen LogP contribution < -0.4 is 0 Å². The Labute approximate surface area is 143 Å². The minimum atomic E-state index is -0.592. The third-order valence-corrected chi connectivity index (χ3v) is 4.20. The van der Waals surface area contributed by atoms with Gasteiger partial charge in [-0.3, -0.25) is 9.59 Å². The minimum Gasteiger partial charge on any atom is -0.465 e. The van der Waals surface area contributed by atoms with E-state index in [0.717, 1.165) is 5.56 Å². The van der Waals surface area contributed by atoms with Crippen molar-refractivity contribution in [3.05, 3.63) is 60.2 Å². The molecule has 0 saturated heterocycles. The van der Waals surface area contributed by atoms with Gasteiger partial charge in [-0.15, -0.1) is 0 Å². The molecule has 0 saturated carbocycles. The van der Waals surface area contributed by atoms with Gasteiger partial charge in [0.2, 0.25) is 0 Å². The van der Waals surface area contributed by atoms with Gasteiger partial charge in [0.25, 0.3) is 0 Å². The highest BCUT2D eigenvalue weighted by atomic mass is 16.5. The summed E-state index contributed by atoms with van der Waals surface area (Å²) in [5.41, 5.74) is 0.504. The maximum absolute atomic E-state index is 11.7. The van der Waals surface area contributed by atoms with Crippen LogP contribution in [0.4, 0.5) is 0 Å². The van der Waals surface area contributed by atoms with Crippen LogP contribution in [0.25, 0.3) is 0 Å². The average molecular weight is 328 g/mol. The summed E-state index contributed by atoms with van der Waals surface area (Å²) >= 11 is 0. The Bertz CT molecular complexity index is 596. The maximum atomic E-state index is 11.7. The molecule has 1 unspecified atom stereocenters. The number of esters is 2. The standard InChI is InChI=1S/C20H24O4/c1-3-18(21)23-14-20(15-24-19(22)4-2)13-9-8-12-17(20)16-10-6-5-7-11-16/h5-13,17H,3-4,14-15H2,1-2H3. The van der Waals surface area contributed by atoms with Crippen LogP contribution >= 0.6 is 0 Å². The largest absolute Gasteiger partial charge is 0.465 e. The molecule has 1 aliphatic rings. The van der Waals surface area contributed by atoms with E-state index in [1.807, 2.05) is 48.6 Å². The number of ether oxygens (including phenoxy) is 2. The van der Waals surface area contributed by atoms with E-state index in [1.165, 1.54) is 0 Å². The molecule has 0 bridgehead atoms. The van der Waals surface area contributed by atoms with E-state index < -0.39 is 5.41 Å². The Morgan fingerprint density at radius 3 is 2.08 bits per heavy atom. The van der Waals surface area contributed by atoms with Gasteiger partial charge in [0.1, 0.15) is 13.2 Å². The Balaban J connectivity index is 2.29. The van der Waals surface area contributed by atoms with Crippen LogP contribution in [0.2, 0.25) is 0 Å². The molecule has 2 rings (SSSR count). The van der Waals surface area contributed by atoms with E-state index >= 15 is 0 Å². The molecule has 0 radical (unpaired) electrons. The van der Waals surface area contributed by atoms with Gasteiger partial charge in [0.05, 0.1) is 5.41 Å². The van der Waals surface area contributed by atoms with Crippen molar-refractivity contribution in [3.8, 4) is 0 Å². The molecule has 0 N–H and O–H groups in total. The van der Waals surface area contributed by atoms with Gasteiger partial charge in [0, 0.05) is 18.8 Å². The van der Waals surface area contributed by atoms with Crippen LogP contribution in [0.1, 0.15) is 38.2 Å². The monoisotopic (exact) mass is 328 g/mol. The fourth-order valence-corrected chi connectivity index (χ4v) is 2.77. The summed E-state index contributed by atoms with van der Waals surface area (Å²) in [6, 6.07) is 9.98. The second-order valence-electron chi connectivity index (χ2n) is 5.89. The summed E-state index contributed by atoms with van der Waals surface area (Å²) in [5, 5.41) is 0. The van der Waals surface area contributed by atoms with Crippen molar-refractivity contribution in [1.82, 2.24) is 0 Å². The molecule has 24 heavy (non-hydrogen) atoms. The van der Waals surface area contributed by atoms with E-state index in [4.69, 9.17) is 9.47 Å². The van der Waals surface area contributed by atoms with E-state index in [-0.39, 0.29) is 31.1 Å². The highest BCUT2D eigenvalue weighted by Crippen LogP contribution is 2.41. The SMILES string of the molecule is CCC(=O)OCC1(COC(=O)CC)C=CC=CC1c1ccccc1. The lowest BCUT2D eigenvalue weighted by Crippen LogP contribution is -2.38. The van der Waals surface area contributed by atoms with Gasteiger partial charge in [0.15, 0.2) is 0 Å². The topological polar surface area (TPSA) is 52.6 Å². The number of hydrogen-bond donors (Lipinski definition) is 0. The van der Waals surface area contributed by atoms with Gasteiger partial charge < -0.3 is 9.47 Å². The van der Waals surface area contributed by atoms with Crippen LogP contribution in [0.5, 0.6) is 0 Å². The lowest BCUT2D eigenvalue weighted by atomic mass is 9.70.